The van der Waals surface area contributed by atoms with Gasteiger partial charge in [0, 0.05) is 25.4 Å². The van der Waals surface area contributed by atoms with Gasteiger partial charge in [-0.3, -0.25) is 0 Å². The second-order valence-corrected chi connectivity index (χ2v) is 8.25. The zero-order valence-corrected chi connectivity index (χ0v) is 15.0. The Morgan fingerprint density at radius 2 is 1.52 bits per heavy atom. The van der Waals surface area contributed by atoms with Crippen LogP contribution in [0, 0.1) is 20.6 Å². The first-order chi connectivity index (χ1) is 12.9. The number of aryl methyl sites for hydroxylation is 4. The van der Waals surface area contributed by atoms with E-state index < -0.39 is 13.7 Å². The van der Waals surface area contributed by atoms with E-state index in [0.717, 1.165) is 17.5 Å². The fourth-order valence-corrected chi connectivity index (χ4v) is 4.32. The highest BCUT2D eigenvalue weighted by Crippen LogP contribution is 2.50. The van der Waals surface area contributed by atoms with E-state index in [1.54, 1.807) is 11.6 Å². The van der Waals surface area contributed by atoms with Gasteiger partial charge < -0.3 is 0 Å². The third-order valence-electron chi connectivity index (χ3n) is 5.26. The molecule has 1 aliphatic rings. The maximum atomic E-state index is 7.89. The normalized spacial score (nSPS) is 23.0. The summed E-state index contributed by atoms with van der Waals surface area (Å²) >= 11 is 0. The van der Waals surface area contributed by atoms with Gasteiger partial charge in [-0.2, -0.15) is 0 Å². The van der Waals surface area contributed by atoms with Crippen LogP contribution >= 0.6 is 0 Å². The first-order valence-corrected chi connectivity index (χ1v) is 8.16. The van der Waals surface area contributed by atoms with Crippen LogP contribution in [0.15, 0.2) is 24.4 Å². The molecule has 3 rings (SSSR count). The van der Waals surface area contributed by atoms with Crippen LogP contribution in [0.2, 0.25) is 0 Å². The number of fused-ring (bicyclic) bond motifs is 1. The second kappa shape index (κ2) is 4.93. The standard InChI is InChI=1S/C22H30N/c1-14-10-20(23(8)12-16(14)3)17-11-19-18(9-15(17)2)21(4,5)13-22(19,6)7/h9-12H,13H2,1-8H3/q+1/i1D3,3D3. The molecule has 0 unspecified atom stereocenters. The van der Waals surface area contributed by atoms with Gasteiger partial charge in [0.2, 0.25) is 5.69 Å². The molecular formula is C22H30N+. The van der Waals surface area contributed by atoms with Gasteiger partial charge in [-0.05, 0) is 66.2 Å². The molecule has 1 aromatic carbocycles. The predicted molar refractivity (Wildman–Crippen MR) is 97.9 cm³/mol. The minimum Gasteiger partial charge on any atom is -0.201 e. The Bertz CT molecular complexity index is 980. The van der Waals surface area contributed by atoms with Crippen molar-refractivity contribution in [3.8, 4) is 11.3 Å². The first-order valence-electron chi connectivity index (χ1n) is 11.2. The summed E-state index contributed by atoms with van der Waals surface area (Å²) in [4.78, 5) is 0. The summed E-state index contributed by atoms with van der Waals surface area (Å²) in [5, 5.41) is 0. The maximum Gasteiger partial charge on any atom is 0.212 e. The molecule has 1 aromatic heterocycles. The van der Waals surface area contributed by atoms with Crippen molar-refractivity contribution < 1.29 is 12.8 Å². The Hall–Kier alpha value is -1.63. The number of hydrogen-bond acceptors (Lipinski definition) is 0. The summed E-state index contributed by atoms with van der Waals surface area (Å²) < 4.78 is 48.7. The monoisotopic (exact) mass is 314 g/mol. The molecule has 1 heteroatoms. The van der Waals surface area contributed by atoms with E-state index in [1.165, 1.54) is 23.4 Å². The van der Waals surface area contributed by atoms with Gasteiger partial charge in [0.25, 0.3) is 0 Å². The second-order valence-electron chi connectivity index (χ2n) is 8.25. The van der Waals surface area contributed by atoms with Gasteiger partial charge in [0.05, 0.1) is 0 Å². The molecule has 0 saturated heterocycles. The zero-order valence-electron chi connectivity index (χ0n) is 21.0. The fraction of sp³-hybridized carbons (Fsp3) is 0.500. The van der Waals surface area contributed by atoms with Crippen molar-refractivity contribution in [3.05, 3.63) is 52.2 Å². The summed E-state index contributed by atoms with van der Waals surface area (Å²) in [6.07, 6.45) is 2.49. The van der Waals surface area contributed by atoms with Gasteiger partial charge in [-0.15, -0.1) is 0 Å². The first kappa shape index (κ1) is 10.3. The highest BCUT2D eigenvalue weighted by atomic mass is 14.9. The van der Waals surface area contributed by atoms with Crippen molar-refractivity contribution >= 4 is 0 Å². The summed E-state index contributed by atoms with van der Waals surface area (Å²) in [5.74, 6) is 0. The van der Waals surface area contributed by atoms with Crippen LogP contribution in [0.25, 0.3) is 11.3 Å². The van der Waals surface area contributed by atoms with Crippen molar-refractivity contribution in [3.63, 3.8) is 0 Å². The van der Waals surface area contributed by atoms with Crippen molar-refractivity contribution in [1.82, 2.24) is 0 Å². The smallest absolute Gasteiger partial charge is 0.201 e. The van der Waals surface area contributed by atoms with Crippen molar-refractivity contribution in [2.24, 2.45) is 7.05 Å². The Morgan fingerprint density at radius 3 is 2.13 bits per heavy atom. The van der Waals surface area contributed by atoms with E-state index in [9.17, 15) is 0 Å². The fourth-order valence-electron chi connectivity index (χ4n) is 4.32. The lowest BCUT2D eigenvalue weighted by Crippen LogP contribution is -2.31. The van der Waals surface area contributed by atoms with Gasteiger partial charge in [-0.1, -0.05) is 33.8 Å². The van der Waals surface area contributed by atoms with Gasteiger partial charge >= 0.3 is 0 Å². The summed E-state index contributed by atoms with van der Waals surface area (Å²) in [6, 6.07) is 5.93. The molecule has 122 valence electrons. The average Bonchev–Trinajstić information content (AvgIpc) is 2.69. The molecule has 0 saturated carbocycles. The van der Waals surface area contributed by atoms with Crippen LogP contribution < -0.4 is 4.57 Å². The number of benzene rings is 1. The minimum atomic E-state index is -2.50. The lowest BCUT2D eigenvalue weighted by molar-refractivity contribution is -0.660. The lowest BCUT2D eigenvalue weighted by atomic mass is 9.82. The number of hydrogen-bond donors (Lipinski definition) is 0. The van der Waals surface area contributed by atoms with Crippen LogP contribution in [0.3, 0.4) is 0 Å². The van der Waals surface area contributed by atoms with Crippen LogP contribution in [0.1, 0.15) is 70.2 Å². The van der Waals surface area contributed by atoms with E-state index in [1.807, 2.05) is 6.92 Å². The van der Waals surface area contributed by atoms with E-state index >= 15 is 0 Å². The topological polar surface area (TPSA) is 3.88 Å². The maximum absolute atomic E-state index is 7.89. The SMILES string of the molecule is [2H]C([2H])([2H])c1cc(-c2cc3c(cc2C)C(C)(C)CC3(C)C)[n+](C)cc1C([2H])([2H])[2H]. The molecule has 0 spiro atoms. The third-order valence-corrected chi connectivity index (χ3v) is 5.26. The van der Waals surface area contributed by atoms with E-state index in [4.69, 9.17) is 8.22 Å². The molecule has 2 aromatic rings. The molecule has 0 fully saturated rings. The Labute approximate surface area is 149 Å². The number of aromatic nitrogens is 1. The molecule has 23 heavy (non-hydrogen) atoms. The molecule has 0 aliphatic heterocycles. The van der Waals surface area contributed by atoms with Gasteiger partial charge in [0.1, 0.15) is 7.05 Å². The van der Waals surface area contributed by atoms with Crippen LogP contribution in [-0.2, 0) is 17.9 Å². The number of pyridine rings is 1. The molecule has 0 bridgehead atoms. The molecule has 1 heterocycles. The molecule has 0 N–H and O–H groups in total. The number of rotatable bonds is 1. The lowest BCUT2D eigenvalue weighted by Gasteiger charge is -2.22. The predicted octanol–water partition coefficient (Wildman–Crippen LogP) is 5.06. The van der Waals surface area contributed by atoms with Crippen LogP contribution in [0.5, 0.6) is 0 Å². The molecule has 0 radical (unpaired) electrons. The summed E-state index contributed by atoms with van der Waals surface area (Å²) in [6.45, 7) is 6.05. The number of nitrogens with zero attached hydrogens (tertiary/aromatic N) is 1. The summed E-state index contributed by atoms with van der Waals surface area (Å²) in [5.41, 5.74) is 5.20. The highest BCUT2D eigenvalue weighted by Gasteiger charge is 2.42. The quantitative estimate of drug-likeness (QED) is 0.648. The molecule has 0 amide bonds. The zero-order chi connectivity index (χ0) is 22.2. The van der Waals surface area contributed by atoms with E-state index in [0.29, 0.717) is 5.69 Å². The molecule has 1 nitrogen and oxygen atoms in total. The van der Waals surface area contributed by atoms with Crippen LogP contribution in [-0.4, -0.2) is 0 Å². The average molecular weight is 315 g/mol. The van der Waals surface area contributed by atoms with E-state index in [-0.39, 0.29) is 22.0 Å². The van der Waals surface area contributed by atoms with Crippen molar-refractivity contribution in [2.75, 3.05) is 0 Å². The van der Waals surface area contributed by atoms with Crippen molar-refractivity contribution in [2.45, 2.75) is 65.6 Å². The molecule has 0 atom stereocenters. The van der Waals surface area contributed by atoms with Crippen LogP contribution in [0.4, 0.5) is 0 Å². The Morgan fingerprint density at radius 1 is 0.913 bits per heavy atom. The molecule has 1 aliphatic carbocycles. The van der Waals surface area contributed by atoms with E-state index in [2.05, 4.69) is 39.8 Å². The molecular weight excluding hydrogens is 278 g/mol. The third kappa shape index (κ3) is 2.51. The van der Waals surface area contributed by atoms with Gasteiger partial charge in [-0.25, -0.2) is 4.57 Å². The minimum absolute atomic E-state index is 0.0192. The van der Waals surface area contributed by atoms with Crippen molar-refractivity contribution in [1.29, 1.82) is 0 Å². The Kier molecular flexibility index (Phi) is 2.20. The highest BCUT2D eigenvalue weighted by molar-refractivity contribution is 5.66. The summed E-state index contributed by atoms with van der Waals surface area (Å²) in [7, 11) is 1.77. The Balaban J connectivity index is 2.31. The largest absolute Gasteiger partial charge is 0.212 e. The van der Waals surface area contributed by atoms with Gasteiger partial charge in [0.15, 0.2) is 6.20 Å².